The van der Waals surface area contributed by atoms with Gasteiger partial charge in [0.15, 0.2) is 0 Å². The predicted octanol–water partition coefficient (Wildman–Crippen LogP) is 5.58. The zero-order valence-electron chi connectivity index (χ0n) is 21.4. The number of likely N-dealkylation sites (N-methyl/N-ethyl adjacent to an activating group) is 1. The Kier molecular flexibility index (Phi) is 7.39. The number of hydrogen-bond acceptors (Lipinski definition) is 3. The topological polar surface area (TPSA) is 38.8 Å². The van der Waals surface area contributed by atoms with Gasteiger partial charge in [-0.1, -0.05) is 12.1 Å². The zero-order chi connectivity index (χ0) is 27.1. The maximum atomic E-state index is 13.8. The number of anilines is 1. The lowest BCUT2D eigenvalue weighted by Gasteiger charge is -2.34. The maximum absolute atomic E-state index is 13.8. The van der Waals surface area contributed by atoms with Crippen molar-refractivity contribution in [2.45, 2.75) is 43.3 Å². The van der Waals surface area contributed by atoms with E-state index in [1.807, 2.05) is 12.1 Å². The fraction of sp³-hybridized carbons (Fsp3) is 0.536. The van der Waals surface area contributed by atoms with Crippen molar-refractivity contribution < 1.29 is 26.7 Å². The summed E-state index contributed by atoms with van der Waals surface area (Å²) in [5.41, 5.74) is -0.521. The van der Waals surface area contributed by atoms with E-state index in [2.05, 4.69) is 22.2 Å². The van der Waals surface area contributed by atoms with Crippen molar-refractivity contribution in [3.63, 3.8) is 0 Å². The van der Waals surface area contributed by atoms with E-state index in [0.717, 1.165) is 76.1 Å². The summed E-state index contributed by atoms with van der Waals surface area (Å²) in [6.07, 6.45) is -1.60. The highest BCUT2D eigenvalue weighted by Crippen LogP contribution is 2.65. The van der Waals surface area contributed by atoms with Crippen molar-refractivity contribution in [2.24, 2.45) is 5.92 Å². The minimum absolute atomic E-state index is 0.0740. The molecule has 0 radical (unpaired) electrons. The Morgan fingerprint density at radius 3 is 2.45 bits per heavy atom. The smallest absolute Gasteiger partial charge is 0.321 e. The van der Waals surface area contributed by atoms with Crippen LogP contribution in [0, 0.1) is 17.6 Å². The molecule has 5 rings (SSSR count). The van der Waals surface area contributed by atoms with E-state index in [9.17, 15) is 26.7 Å². The molecule has 2 aliphatic carbocycles. The second kappa shape index (κ2) is 10.4. The van der Waals surface area contributed by atoms with Gasteiger partial charge >= 0.3 is 12.2 Å². The minimum atomic E-state index is -4.86. The molecule has 10 heteroatoms. The van der Waals surface area contributed by atoms with Crippen LogP contribution in [0.3, 0.4) is 0 Å². The minimum Gasteiger partial charge on any atom is -0.321 e. The van der Waals surface area contributed by atoms with Crippen LogP contribution in [0.5, 0.6) is 0 Å². The third-order valence-corrected chi connectivity index (χ3v) is 8.56. The number of fused-ring (bicyclic) bond motifs is 1. The average molecular weight is 537 g/mol. The van der Waals surface area contributed by atoms with Gasteiger partial charge in [0.1, 0.15) is 11.6 Å². The van der Waals surface area contributed by atoms with E-state index in [0.29, 0.717) is 12.6 Å². The van der Waals surface area contributed by atoms with Gasteiger partial charge in [-0.15, -0.1) is 0 Å². The van der Waals surface area contributed by atoms with Crippen molar-refractivity contribution in [3.05, 3.63) is 65.2 Å². The van der Waals surface area contributed by atoms with Gasteiger partial charge in [0.2, 0.25) is 0 Å². The molecule has 1 saturated heterocycles. The Morgan fingerprint density at radius 2 is 1.79 bits per heavy atom. The van der Waals surface area contributed by atoms with Crippen LogP contribution in [0.25, 0.3) is 0 Å². The first-order valence-electron chi connectivity index (χ1n) is 13.2. The van der Waals surface area contributed by atoms with Crippen LogP contribution in [0.2, 0.25) is 0 Å². The number of halogens is 5. The lowest BCUT2D eigenvalue weighted by atomic mass is 9.93. The lowest BCUT2D eigenvalue weighted by Crippen LogP contribution is -2.47. The summed E-state index contributed by atoms with van der Waals surface area (Å²) in [5, 5.41) is 2.60. The van der Waals surface area contributed by atoms with Gasteiger partial charge in [-0.2, -0.15) is 13.2 Å². The molecule has 2 amide bonds. The van der Waals surface area contributed by atoms with Gasteiger partial charge in [0, 0.05) is 49.9 Å². The number of nitrogens with zero attached hydrogens (tertiary/aromatic N) is 3. The number of urea groups is 1. The first-order valence-corrected chi connectivity index (χ1v) is 13.2. The van der Waals surface area contributed by atoms with Crippen molar-refractivity contribution in [2.75, 3.05) is 51.6 Å². The molecule has 3 atom stereocenters. The van der Waals surface area contributed by atoms with Crippen LogP contribution in [0.15, 0.2) is 42.5 Å². The van der Waals surface area contributed by atoms with Crippen LogP contribution < -0.4 is 5.32 Å². The fourth-order valence-electron chi connectivity index (χ4n) is 6.33. The Morgan fingerprint density at radius 1 is 1.08 bits per heavy atom. The first kappa shape index (κ1) is 26.9. The molecule has 5 nitrogen and oxygen atoms in total. The SMILES string of the molecule is CN1CCN(CCCN(C(=O)Nc2ccc(F)c(C(F)(F)F)c2)[C@@H]2CC[C@]3(c4ccc(F)cc4)C[C@H]23)CC1. The summed E-state index contributed by atoms with van der Waals surface area (Å²) < 4.78 is 67.0. The molecular weight excluding hydrogens is 503 g/mol. The second-order valence-corrected chi connectivity index (χ2v) is 10.9. The van der Waals surface area contributed by atoms with Crippen molar-refractivity contribution >= 4 is 11.7 Å². The average Bonchev–Trinajstić information content (AvgIpc) is 3.50. The highest BCUT2D eigenvalue weighted by atomic mass is 19.4. The molecule has 1 aliphatic heterocycles. The largest absolute Gasteiger partial charge is 0.419 e. The van der Waals surface area contributed by atoms with E-state index in [-0.39, 0.29) is 28.9 Å². The van der Waals surface area contributed by atoms with Gasteiger partial charge in [0.05, 0.1) is 5.56 Å². The molecule has 0 spiro atoms. The summed E-state index contributed by atoms with van der Waals surface area (Å²) >= 11 is 0. The third kappa shape index (κ3) is 5.52. The number of hydrogen-bond donors (Lipinski definition) is 1. The molecule has 0 aromatic heterocycles. The van der Waals surface area contributed by atoms with Crippen molar-refractivity contribution in [3.8, 4) is 0 Å². The molecule has 0 bridgehead atoms. The fourth-order valence-corrected chi connectivity index (χ4v) is 6.33. The maximum Gasteiger partial charge on any atom is 0.419 e. The summed E-state index contributed by atoms with van der Waals surface area (Å²) in [6.45, 7) is 5.18. The summed E-state index contributed by atoms with van der Waals surface area (Å²) in [7, 11) is 2.09. The molecule has 38 heavy (non-hydrogen) atoms. The summed E-state index contributed by atoms with van der Waals surface area (Å²) in [6, 6.07) is 8.51. The predicted molar refractivity (Wildman–Crippen MR) is 135 cm³/mol. The van der Waals surface area contributed by atoms with Crippen LogP contribution in [0.1, 0.15) is 36.8 Å². The van der Waals surface area contributed by atoms with E-state index in [1.54, 1.807) is 4.90 Å². The number of carbonyl (C=O) groups excluding carboxylic acids is 1. The third-order valence-electron chi connectivity index (χ3n) is 8.56. The summed E-state index contributed by atoms with van der Waals surface area (Å²) in [5.74, 6) is -1.46. The number of carbonyl (C=O) groups is 1. The quantitative estimate of drug-likeness (QED) is 0.470. The molecule has 2 aromatic carbocycles. The highest BCUT2D eigenvalue weighted by Gasteiger charge is 2.64. The van der Waals surface area contributed by atoms with E-state index in [1.165, 1.54) is 12.1 Å². The van der Waals surface area contributed by atoms with E-state index >= 15 is 0 Å². The van der Waals surface area contributed by atoms with Gasteiger partial charge in [-0.05, 0) is 81.1 Å². The molecule has 3 aliphatic rings. The lowest BCUT2D eigenvalue weighted by molar-refractivity contribution is -0.139. The number of rotatable bonds is 7. The number of amides is 2. The molecule has 2 aromatic rings. The monoisotopic (exact) mass is 536 g/mol. The molecule has 2 saturated carbocycles. The highest BCUT2D eigenvalue weighted by molar-refractivity contribution is 5.89. The van der Waals surface area contributed by atoms with Gasteiger partial charge in [0.25, 0.3) is 0 Å². The second-order valence-electron chi connectivity index (χ2n) is 10.9. The van der Waals surface area contributed by atoms with Crippen molar-refractivity contribution in [1.82, 2.24) is 14.7 Å². The van der Waals surface area contributed by atoms with Crippen LogP contribution in [-0.2, 0) is 11.6 Å². The van der Waals surface area contributed by atoms with E-state index < -0.39 is 23.6 Å². The molecular formula is C28H33F5N4O. The number of alkyl halides is 3. The Bertz CT molecular complexity index is 1150. The number of nitrogens with one attached hydrogen (secondary N) is 1. The zero-order valence-corrected chi connectivity index (χ0v) is 21.4. The van der Waals surface area contributed by atoms with Gasteiger partial charge < -0.3 is 20.0 Å². The molecule has 3 fully saturated rings. The normalized spacial score (nSPS) is 25.7. The Hall–Kier alpha value is -2.72. The summed E-state index contributed by atoms with van der Waals surface area (Å²) in [4.78, 5) is 19.9. The van der Waals surface area contributed by atoms with Crippen LogP contribution in [0.4, 0.5) is 32.4 Å². The van der Waals surface area contributed by atoms with Gasteiger partial charge in [-0.3, -0.25) is 0 Å². The standard InChI is InChI=1S/C28H33F5N4O/c1-35-13-15-36(16-14-35)11-2-12-37(26(38)34-21-7-8-24(30)22(17-21)28(31,32)33)25-9-10-27(18-23(25)27)19-3-5-20(29)6-4-19/h3-8,17,23,25H,2,9-16,18H2,1H3,(H,34,38)/t23-,25-,27-/m1/s1. The van der Waals surface area contributed by atoms with Crippen LogP contribution >= 0.6 is 0 Å². The van der Waals surface area contributed by atoms with Crippen molar-refractivity contribution in [1.29, 1.82) is 0 Å². The molecule has 1 N–H and O–H groups in total. The Balaban J connectivity index is 1.31. The molecule has 0 unspecified atom stereocenters. The first-order chi connectivity index (χ1) is 18.1. The van der Waals surface area contributed by atoms with E-state index in [4.69, 9.17) is 0 Å². The molecule has 206 valence electrons. The van der Waals surface area contributed by atoms with Crippen LogP contribution in [-0.4, -0.2) is 73.1 Å². The number of piperazine rings is 1. The number of benzene rings is 2. The Labute approximate surface area is 219 Å². The van der Waals surface area contributed by atoms with Gasteiger partial charge in [-0.25, -0.2) is 13.6 Å². The molecule has 1 heterocycles.